The normalized spacial score (nSPS) is 15.5. The van der Waals surface area contributed by atoms with Crippen LogP contribution in [0.1, 0.15) is 22.5 Å². The van der Waals surface area contributed by atoms with Crippen molar-refractivity contribution in [1.29, 1.82) is 0 Å². The van der Waals surface area contributed by atoms with Gasteiger partial charge in [0.05, 0.1) is 5.69 Å². The van der Waals surface area contributed by atoms with E-state index in [1.165, 1.54) is 5.56 Å². The minimum Gasteiger partial charge on any atom is -0.334 e. The Morgan fingerprint density at radius 1 is 1.19 bits per heavy atom. The molecule has 26 heavy (non-hydrogen) atoms. The highest BCUT2D eigenvalue weighted by Crippen LogP contribution is 2.09. The Hall–Kier alpha value is -2.60. The predicted octanol–water partition coefficient (Wildman–Crippen LogP) is 2.57. The van der Waals surface area contributed by atoms with Crippen LogP contribution in [0, 0.1) is 13.8 Å². The fraction of sp³-hybridized carbons (Fsp3) is 0.400. The summed E-state index contributed by atoms with van der Waals surface area (Å²) in [5, 5.41) is 10.1. The largest absolute Gasteiger partial charge is 0.334 e. The minimum atomic E-state index is 0.00415. The molecule has 138 valence electrons. The highest BCUT2D eigenvalue weighted by Gasteiger charge is 2.20. The Morgan fingerprint density at radius 3 is 2.58 bits per heavy atom. The van der Waals surface area contributed by atoms with Crippen LogP contribution >= 0.6 is 0 Å². The molecule has 2 heterocycles. The molecule has 0 spiro atoms. The molecule has 0 aliphatic carbocycles. The number of carbonyl (C=O) groups excluding carboxylic acids is 1. The van der Waals surface area contributed by atoms with Gasteiger partial charge in [-0.05, 0) is 19.4 Å². The van der Waals surface area contributed by atoms with E-state index in [2.05, 4.69) is 44.7 Å². The maximum absolute atomic E-state index is 12.4. The summed E-state index contributed by atoms with van der Waals surface area (Å²) in [6.45, 7) is 8.68. The molecule has 3 rings (SSSR count). The van der Waals surface area contributed by atoms with Crippen LogP contribution in [0.25, 0.3) is 6.08 Å². The average Bonchev–Trinajstić information content (AvgIpc) is 2.99. The fourth-order valence-electron chi connectivity index (χ4n) is 3.15. The van der Waals surface area contributed by atoms with Gasteiger partial charge < -0.3 is 10.2 Å². The summed E-state index contributed by atoms with van der Waals surface area (Å²) in [6.07, 6.45) is 4.34. The lowest BCUT2D eigenvalue weighted by Crippen LogP contribution is -2.51. The van der Waals surface area contributed by atoms with Gasteiger partial charge in [0.15, 0.2) is 0 Å². The topological polar surface area (TPSA) is 64.3 Å². The first-order valence-corrected chi connectivity index (χ1v) is 9.10. The minimum absolute atomic E-state index is 0.00415. The van der Waals surface area contributed by atoms with Crippen LogP contribution in [-0.4, -0.2) is 58.8 Å². The number of nitrogens with zero attached hydrogens (tertiary/aromatic N) is 3. The van der Waals surface area contributed by atoms with E-state index in [0.717, 1.165) is 49.7 Å². The molecule has 1 fully saturated rings. The third kappa shape index (κ3) is 4.73. The van der Waals surface area contributed by atoms with E-state index in [1.807, 2.05) is 36.9 Å². The molecule has 1 aliphatic heterocycles. The number of aromatic amines is 1. The molecule has 6 heteroatoms. The van der Waals surface area contributed by atoms with Crippen LogP contribution < -0.4 is 5.32 Å². The van der Waals surface area contributed by atoms with Gasteiger partial charge >= 0.3 is 6.03 Å². The van der Waals surface area contributed by atoms with Gasteiger partial charge in [-0.1, -0.05) is 42.5 Å². The molecule has 2 N–H and O–H groups in total. The standard InChI is InChI=1S/C20H27N5O/c1-16-19(17(2)23-22-16)15-21-20(26)25-13-11-24(12-14-25)10-6-9-18-7-4-3-5-8-18/h3-9H,10-15H2,1-2H3,(H,21,26)(H,22,23)/b9-6+. The summed E-state index contributed by atoms with van der Waals surface area (Å²) in [4.78, 5) is 16.6. The molecule has 0 unspecified atom stereocenters. The molecule has 1 aliphatic rings. The van der Waals surface area contributed by atoms with Crippen LogP contribution in [0.4, 0.5) is 4.79 Å². The number of urea groups is 1. The zero-order chi connectivity index (χ0) is 18.4. The van der Waals surface area contributed by atoms with Crippen molar-refractivity contribution in [1.82, 2.24) is 25.3 Å². The van der Waals surface area contributed by atoms with Crippen molar-refractivity contribution in [3.8, 4) is 0 Å². The van der Waals surface area contributed by atoms with Crippen molar-refractivity contribution in [2.45, 2.75) is 20.4 Å². The van der Waals surface area contributed by atoms with E-state index in [9.17, 15) is 4.79 Å². The number of amides is 2. The highest BCUT2D eigenvalue weighted by molar-refractivity contribution is 5.74. The fourth-order valence-corrected chi connectivity index (χ4v) is 3.15. The summed E-state index contributed by atoms with van der Waals surface area (Å²) in [6, 6.07) is 10.3. The Labute approximate surface area is 154 Å². The smallest absolute Gasteiger partial charge is 0.317 e. The quantitative estimate of drug-likeness (QED) is 0.868. The molecule has 1 aromatic carbocycles. The van der Waals surface area contributed by atoms with Crippen molar-refractivity contribution in [2.75, 3.05) is 32.7 Å². The van der Waals surface area contributed by atoms with Gasteiger partial charge in [0, 0.05) is 50.5 Å². The lowest BCUT2D eigenvalue weighted by Gasteiger charge is -2.34. The third-order valence-corrected chi connectivity index (χ3v) is 4.83. The molecule has 0 atom stereocenters. The van der Waals surface area contributed by atoms with Gasteiger partial charge in [0.1, 0.15) is 0 Å². The third-order valence-electron chi connectivity index (χ3n) is 4.83. The highest BCUT2D eigenvalue weighted by atomic mass is 16.2. The van der Waals surface area contributed by atoms with E-state index in [-0.39, 0.29) is 6.03 Å². The number of nitrogens with one attached hydrogen (secondary N) is 2. The Bertz CT molecular complexity index is 725. The molecule has 2 aromatic rings. The lowest BCUT2D eigenvalue weighted by atomic mass is 10.2. The number of benzene rings is 1. The Balaban J connectivity index is 1.40. The molecular formula is C20H27N5O. The van der Waals surface area contributed by atoms with E-state index < -0.39 is 0 Å². The van der Waals surface area contributed by atoms with Gasteiger partial charge in [-0.3, -0.25) is 10.00 Å². The second-order valence-electron chi connectivity index (χ2n) is 6.67. The molecule has 6 nitrogen and oxygen atoms in total. The van der Waals surface area contributed by atoms with Gasteiger partial charge in [0.2, 0.25) is 0 Å². The number of aryl methyl sites for hydroxylation is 2. The Morgan fingerprint density at radius 2 is 1.92 bits per heavy atom. The summed E-state index contributed by atoms with van der Waals surface area (Å²) >= 11 is 0. The van der Waals surface area contributed by atoms with Gasteiger partial charge in [-0.2, -0.15) is 5.10 Å². The lowest BCUT2D eigenvalue weighted by molar-refractivity contribution is 0.146. The van der Waals surface area contributed by atoms with Gasteiger partial charge in [0.25, 0.3) is 0 Å². The van der Waals surface area contributed by atoms with E-state index in [1.54, 1.807) is 0 Å². The van der Waals surface area contributed by atoms with Crippen molar-refractivity contribution in [2.24, 2.45) is 0 Å². The van der Waals surface area contributed by atoms with Gasteiger partial charge in [-0.25, -0.2) is 4.79 Å². The summed E-state index contributed by atoms with van der Waals surface area (Å²) in [5.41, 5.74) is 4.24. The van der Waals surface area contributed by atoms with E-state index in [0.29, 0.717) is 6.54 Å². The number of hydrogen-bond donors (Lipinski definition) is 2. The number of rotatable bonds is 5. The molecule has 2 amide bonds. The predicted molar refractivity (Wildman–Crippen MR) is 104 cm³/mol. The first kappa shape index (κ1) is 18.2. The maximum atomic E-state index is 12.4. The van der Waals surface area contributed by atoms with Crippen LogP contribution in [-0.2, 0) is 6.54 Å². The van der Waals surface area contributed by atoms with Gasteiger partial charge in [-0.15, -0.1) is 0 Å². The van der Waals surface area contributed by atoms with Crippen LogP contribution in [0.2, 0.25) is 0 Å². The number of H-pyrrole nitrogens is 1. The number of carbonyl (C=O) groups is 1. The summed E-state index contributed by atoms with van der Waals surface area (Å²) in [7, 11) is 0. The van der Waals surface area contributed by atoms with Crippen LogP contribution in [0.3, 0.4) is 0 Å². The zero-order valence-corrected chi connectivity index (χ0v) is 15.5. The molecule has 0 bridgehead atoms. The summed E-state index contributed by atoms with van der Waals surface area (Å²) < 4.78 is 0. The molecule has 0 saturated carbocycles. The van der Waals surface area contributed by atoms with E-state index in [4.69, 9.17) is 0 Å². The second-order valence-corrected chi connectivity index (χ2v) is 6.67. The van der Waals surface area contributed by atoms with Crippen molar-refractivity contribution >= 4 is 12.1 Å². The monoisotopic (exact) mass is 353 g/mol. The van der Waals surface area contributed by atoms with E-state index >= 15 is 0 Å². The summed E-state index contributed by atoms with van der Waals surface area (Å²) in [5.74, 6) is 0. The average molecular weight is 353 g/mol. The molecule has 1 saturated heterocycles. The van der Waals surface area contributed by atoms with Crippen molar-refractivity contribution in [3.05, 3.63) is 58.9 Å². The first-order chi connectivity index (χ1) is 12.6. The van der Waals surface area contributed by atoms with Crippen molar-refractivity contribution in [3.63, 3.8) is 0 Å². The SMILES string of the molecule is Cc1n[nH]c(C)c1CNC(=O)N1CCN(C/C=C/c2ccccc2)CC1. The van der Waals surface area contributed by atoms with Crippen LogP contribution in [0.5, 0.6) is 0 Å². The second kappa shape index (κ2) is 8.67. The zero-order valence-electron chi connectivity index (χ0n) is 15.5. The maximum Gasteiger partial charge on any atom is 0.317 e. The number of aromatic nitrogens is 2. The van der Waals surface area contributed by atoms with Crippen molar-refractivity contribution < 1.29 is 4.79 Å². The first-order valence-electron chi connectivity index (χ1n) is 9.10. The number of piperazine rings is 1. The number of hydrogen-bond acceptors (Lipinski definition) is 3. The molecule has 0 radical (unpaired) electrons. The molecule has 1 aromatic heterocycles. The Kier molecular flexibility index (Phi) is 6.07. The molecular weight excluding hydrogens is 326 g/mol. The van der Waals surface area contributed by atoms with Crippen LogP contribution in [0.15, 0.2) is 36.4 Å².